The number of aromatic amines is 1. The second-order valence-electron chi connectivity index (χ2n) is 4.71. The van der Waals surface area contributed by atoms with Crippen LogP contribution >= 0.6 is 15.9 Å². The number of H-pyrrole nitrogens is 1. The van der Waals surface area contributed by atoms with Gasteiger partial charge in [0.1, 0.15) is 5.69 Å². The Kier molecular flexibility index (Phi) is 6.34. The molecule has 0 atom stereocenters. The van der Waals surface area contributed by atoms with Crippen LogP contribution in [0.2, 0.25) is 0 Å². The Morgan fingerprint density at radius 3 is 2.60 bits per heavy atom. The standard InChI is InChI=1S/C15H17BrN4O5/c1-3-23-10-6-8(5-9(16)14(10)25-7-11(17)21)12-13(19-20-18-12)15(22)24-4-2/h5-6H,3-4,7H2,1-2H3,(H2,17,21)(H,18,19,20). The number of esters is 1. The fourth-order valence-corrected chi connectivity index (χ4v) is 2.58. The smallest absolute Gasteiger partial charge is 0.361 e. The maximum Gasteiger partial charge on any atom is 0.361 e. The molecule has 1 heterocycles. The molecule has 1 aromatic heterocycles. The Morgan fingerprint density at radius 1 is 1.20 bits per heavy atom. The van der Waals surface area contributed by atoms with Crippen LogP contribution in [0, 0.1) is 0 Å². The number of hydrogen-bond acceptors (Lipinski definition) is 7. The molecule has 134 valence electrons. The van der Waals surface area contributed by atoms with E-state index in [1.807, 2.05) is 0 Å². The van der Waals surface area contributed by atoms with Crippen molar-refractivity contribution in [3.05, 3.63) is 22.3 Å². The summed E-state index contributed by atoms with van der Waals surface area (Å²) in [4.78, 5) is 22.9. The van der Waals surface area contributed by atoms with E-state index in [1.54, 1.807) is 26.0 Å². The topological polar surface area (TPSA) is 129 Å². The third-order valence-electron chi connectivity index (χ3n) is 2.96. The molecule has 3 N–H and O–H groups in total. The Morgan fingerprint density at radius 2 is 1.96 bits per heavy atom. The molecule has 0 saturated carbocycles. The first kappa shape index (κ1) is 18.7. The minimum Gasteiger partial charge on any atom is -0.490 e. The van der Waals surface area contributed by atoms with Crippen molar-refractivity contribution in [2.45, 2.75) is 13.8 Å². The number of aromatic nitrogens is 3. The third-order valence-corrected chi connectivity index (χ3v) is 3.55. The maximum absolute atomic E-state index is 12.0. The summed E-state index contributed by atoms with van der Waals surface area (Å²) in [6.07, 6.45) is 0. The summed E-state index contributed by atoms with van der Waals surface area (Å²) in [6, 6.07) is 3.30. The predicted molar refractivity (Wildman–Crippen MR) is 91.3 cm³/mol. The zero-order chi connectivity index (χ0) is 18.4. The predicted octanol–water partition coefficient (Wildman–Crippen LogP) is 1.67. The first-order valence-electron chi connectivity index (χ1n) is 7.43. The number of rotatable bonds is 8. The zero-order valence-corrected chi connectivity index (χ0v) is 15.3. The number of primary amides is 1. The van der Waals surface area contributed by atoms with Gasteiger partial charge < -0.3 is 19.9 Å². The molecule has 0 fully saturated rings. The average Bonchev–Trinajstić information content (AvgIpc) is 3.04. The third kappa shape index (κ3) is 4.47. The van der Waals surface area contributed by atoms with Gasteiger partial charge in [0, 0.05) is 5.56 Å². The molecule has 0 saturated heterocycles. The highest BCUT2D eigenvalue weighted by molar-refractivity contribution is 9.10. The van der Waals surface area contributed by atoms with E-state index < -0.39 is 11.9 Å². The molecule has 0 aliphatic heterocycles. The Hall–Kier alpha value is -2.62. The van der Waals surface area contributed by atoms with Gasteiger partial charge >= 0.3 is 5.97 Å². The SMILES string of the molecule is CCOC(=O)c1n[nH]nc1-c1cc(Br)c(OCC(N)=O)c(OCC)c1. The molecule has 0 unspecified atom stereocenters. The average molecular weight is 413 g/mol. The lowest BCUT2D eigenvalue weighted by Gasteiger charge is -2.14. The highest BCUT2D eigenvalue weighted by Gasteiger charge is 2.22. The Balaban J connectivity index is 2.45. The van der Waals surface area contributed by atoms with Crippen molar-refractivity contribution >= 4 is 27.8 Å². The van der Waals surface area contributed by atoms with E-state index in [4.69, 9.17) is 19.9 Å². The van der Waals surface area contributed by atoms with Crippen molar-refractivity contribution in [2.24, 2.45) is 5.73 Å². The van der Waals surface area contributed by atoms with Crippen LogP contribution in [0.1, 0.15) is 24.3 Å². The largest absolute Gasteiger partial charge is 0.490 e. The summed E-state index contributed by atoms with van der Waals surface area (Å²) >= 11 is 3.36. The normalized spacial score (nSPS) is 10.4. The van der Waals surface area contributed by atoms with Crippen molar-refractivity contribution in [3.63, 3.8) is 0 Å². The number of amides is 1. The molecule has 2 aromatic rings. The number of nitrogens with two attached hydrogens (primary N) is 1. The molecule has 25 heavy (non-hydrogen) atoms. The lowest BCUT2D eigenvalue weighted by atomic mass is 10.1. The number of nitrogens with zero attached hydrogens (tertiary/aromatic N) is 2. The second-order valence-corrected chi connectivity index (χ2v) is 5.57. The monoisotopic (exact) mass is 412 g/mol. The lowest BCUT2D eigenvalue weighted by Crippen LogP contribution is -2.20. The minimum atomic E-state index is -0.612. The number of halogens is 1. The van der Waals surface area contributed by atoms with Gasteiger partial charge in [0.15, 0.2) is 23.8 Å². The zero-order valence-electron chi connectivity index (χ0n) is 13.7. The van der Waals surface area contributed by atoms with Gasteiger partial charge in [-0.25, -0.2) is 4.79 Å². The summed E-state index contributed by atoms with van der Waals surface area (Å²) in [5, 5.41) is 10.3. The van der Waals surface area contributed by atoms with Gasteiger partial charge in [-0.3, -0.25) is 4.79 Å². The quantitative estimate of drug-likeness (QED) is 0.630. The van der Waals surface area contributed by atoms with E-state index in [9.17, 15) is 9.59 Å². The van der Waals surface area contributed by atoms with E-state index in [1.165, 1.54) is 0 Å². The van der Waals surface area contributed by atoms with Crippen LogP contribution < -0.4 is 15.2 Å². The molecule has 0 radical (unpaired) electrons. The molecular formula is C15H17BrN4O5. The molecule has 1 aromatic carbocycles. The molecule has 0 spiro atoms. The van der Waals surface area contributed by atoms with Crippen LogP contribution in [0.3, 0.4) is 0 Å². The first-order valence-corrected chi connectivity index (χ1v) is 8.22. The van der Waals surface area contributed by atoms with Gasteiger partial charge in [-0.05, 0) is 41.9 Å². The second kappa shape index (κ2) is 8.47. The van der Waals surface area contributed by atoms with Gasteiger partial charge in [-0.1, -0.05) is 0 Å². The molecule has 0 bridgehead atoms. The molecule has 1 amide bonds. The molecule has 0 aliphatic carbocycles. The van der Waals surface area contributed by atoms with Gasteiger partial charge in [0.05, 0.1) is 17.7 Å². The number of carbonyl (C=O) groups excluding carboxylic acids is 2. The van der Waals surface area contributed by atoms with Crippen LogP contribution in [0.5, 0.6) is 11.5 Å². The molecule has 2 rings (SSSR count). The summed E-state index contributed by atoms with van der Waals surface area (Å²) in [7, 11) is 0. The van der Waals surface area contributed by atoms with Crippen LogP contribution in [0.4, 0.5) is 0 Å². The highest BCUT2D eigenvalue weighted by atomic mass is 79.9. The van der Waals surface area contributed by atoms with Crippen LogP contribution in [-0.2, 0) is 9.53 Å². The van der Waals surface area contributed by atoms with Crippen LogP contribution in [0.15, 0.2) is 16.6 Å². The van der Waals surface area contributed by atoms with Crippen molar-refractivity contribution in [3.8, 4) is 22.8 Å². The van der Waals surface area contributed by atoms with Gasteiger partial charge in [0.25, 0.3) is 5.91 Å². The molecule has 9 nitrogen and oxygen atoms in total. The van der Waals surface area contributed by atoms with Crippen molar-refractivity contribution in [2.75, 3.05) is 19.8 Å². The first-order chi connectivity index (χ1) is 12.0. The minimum absolute atomic E-state index is 0.0574. The Labute approximate surface area is 151 Å². The fourth-order valence-electron chi connectivity index (χ4n) is 2.02. The summed E-state index contributed by atoms with van der Waals surface area (Å²) in [5.74, 6) is -0.509. The maximum atomic E-state index is 12.0. The number of benzene rings is 1. The van der Waals surface area contributed by atoms with Gasteiger partial charge in [-0.2, -0.15) is 10.3 Å². The highest BCUT2D eigenvalue weighted by Crippen LogP contribution is 2.40. The van der Waals surface area contributed by atoms with Crippen LogP contribution in [-0.4, -0.2) is 47.1 Å². The lowest BCUT2D eigenvalue weighted by molar-refractivity contribution is -0.119. The van der Waals surface area contributed by atoms with Crippen molar-refractivity contribution in [1.82, 2.24) is 15.4 Å². The van der Waals surface area contributed by atoms with Crippen LogP contribution in [0.25, 0.3) is 11.3 Å². The Bertz CT molecular complexity index is 777. The van der Waals surface area contributed by atoms with E-state index in [2.05, 4.69) is 31.3 Å². The summed E-state index contributed by atoms with van der Waals surface area (Å²) in [5.41, 5.74) is 6.03. The van der Waals surface area contributed by atoms with Crippen molar-refractivity contribution < 1.29 is 23.8 Å². The molecule has 0 aliphatic rings. The molecule has 10 heteroatoms. The van der Waals surface area contributed by atoms with E-state index in [-0.39, 0.29) is 18.9 Å². The summed E-state index contributed by atoms with van der Waals surface area (Å²) in [6.45, 7) is 3.80. The number of ether oxygens (including phenoxy) is 3. The fraction of sp³-hybridized carbons (Fsp3) is 0.333. The number of nitrogens with one attached hydrogen (secondary N) is 1. The number of carbonyl (C=O) groups is 2. The van der Waals surface area contributed by atoms with Gasteiger partial charge in [0.2, 0.25) is 0 Å². The van der Waals surface area contributed by atoms with Gasteiger partial charge in [-0.15, -0.1) is 5.10 Å². The van der Waals surface area contributed by atoms with E-state index in [0.717, 1.165) is 0 Å². The van der Waals surface area contributed by atoms with Crippen molar-refractivity contribution in [1.29, 1.82) is 0 Å². The number of hydrogen-bond donors (Lipinski definition) is 2. The van der Waals surface area contributed by atoms with E-state index >= 15 is 0 Å². The molecular weight excluding hydrogens is 396 g/mol. The van der Waals surface area contributed by atoms with E-state index in [0.29, 0.717) is 33.8 Å². The summed E-state index contributed by atoms with van der Waals surface area (Å²) < 4.78 is 16.4.